The van der Waals surface area contributed by atoms with Crippen LogP contribution in [0.1, 0.15) is 28.9 Å². The van der Waals surface area contributed by atoms with Crippen molar-refractivity contribution in [2.45, 2.75) is 13.0 Å². The van der Waals surface area contributed by atoms with Crippen molar-refractivity contribution in [2.24, 2.45) is 0 Å². The molecular weight excluding hydrogens is 278 g/mol. The molecule has 0 spiro atoms. The minimum Gasteiger partial charge on any atom is -0.478 e. The molecule has 0 aromatic heterocycles. The van der Waals surface area contributed by atoms with E-state index >= 15 is 0 Å². The third kappa shape index (κ3) is 3.28. The van der Waals surface area contributed by atoms with E-state index in [4.69, 9.17) is 10.8 Å². The number of rotatable bonds is 4. The van der Waals surface area contributed by atoms with E-state index in [1.807, 2.05) is 0 Å². The van der Waals surface area contributed by atoms with Crippen molar-refractivity contribution in [3.05, 3.63) is 59.2 Å². The van der Waals surface area contributed by atoms with Gasteiger partial charge < -0.3 is 16.2 Å². The Labute approximate surface area is 120 Å². The second-order valence-electron chi connectivity index (χ2n) is 4.65. The van der Waals surface area contributed by atoms with Crippen molar-refractivity contribution >= 4 is 17.3 Å². The molecule has 4 N–H and O–H groups in total. The van der Waals surface area contributed by atoms with Crippen LogP contribution in [0.25, 0.3) is 0 Å². The van der Waals surface area contributed by atoms with Gasteiger partial charge in [0.05, 0.1) is 16.9 Å². The molecule has 21 heavy (non-hydrogen) atoms. The summed E-state index contributed by atoms with van der Waals surface area (Å²) < 4.78 is 26.8. The van der Waals surface area contributed by atoms with E-state index in [0.717, 1.165) is 12.1 Å². The Bertz CT molecular complexity index is 689. The predicted octanol–water partition coefficient (Wildman–Crippen LogP) is 3.42. The Morgan fingerprint density at radius 1 is 1.29 bits per heavy atom. The van der Waals surface area contributed by atoms with Crippen LogP contribution in [-0.4, -0.2) is 11.1 Å². The first-order valence-corrected chi connectivity index (χ1v) is 6.23. The molecule has 0 fully saturated rings. The monoisotopic (exact) mass is 292 g/mol. The maximum Gasteiger partial charge on any atom is 0.338 e. The van der Waals surface area contributed by atoms with Crippen molar-refractivity contribution in [2.75, 3.05) is 11.1 Å². The first-order valence-electron chi connectivity index (χ1n) is 6.23. The molecular formula is C15H14F2N2O2. The van der Waals surface area contributed by atoms with Crippen LogP contribution >= 0.6 is 0 Å². The Kier molecular flexibility index (Phi) is 4.07. The molecule has 1 unspecified atom stereocenters. The molecule has 0 aliphatic rings. The number of benzene rings is 2. The Hall–Kier alpha value is -2.63. The van der Waals surface area contributed by atoms with Crippen LogP contribution < -0.4 is 11.1 Å². The molecule has 0 saturated heterocycles. The van der Waals surface area contributed by atoms with E-state index in [0.29, 0.717) is 5.56 Å². The van der Waals surface area contributed by atoms with Crippen LogP contribution in [0.5, 0.6) is 0 Å². The van der Waals surface area contributed by atoms with E-state index in [-0.39, 0.29) is 23.2 Å². The van der Waals surface area contributed by atoms with Crippen molar-refractivity contribution < 1.29 is 18.7 Å². The Balaban J connectivity index is 2.27. The Morgan fingerprint density at radius 2 is 2.00 bits per heavy atom. The van der Waals surface area contributed by atoms with Crippen molar-refractivity contribution in [3.8, 4) is 0 Å². The number of hydrogen-bond acceptors (Lipinski definition) is 3. The predicted molar refractivity (Wildman–Crippen MR) is 76.2 cm³/mol. The number of carboxylic acid groups (broad SMARTS) is 1. The second-order valence-corrected chi connectivity index (χ2v) is 4.65. The average molecular weight is 292 g/mol. The van der Waals surface area contributed by atoms with E-state index < -0.39 is 17.3 Å². The van der Waals surface area contributed by atoms with Gasteiger partial charge in [-0.05, 0) is 36.8 Å². The maximum absolute atomic E-state index is 13.7. The second kappa shape index (κ2) is 5.78. The molecule has 0 heterocycles. The van der Waals surface area contributed by atoms with Gasteiger partial charge in [0, 0.05) is 6.04 Å². The largest absolute Gasteiger partial charge is 0.478 e. The zero-order valence-electron chi connectivity index (χ0n) is 11.2. The smallest absolute Gasteiger partial charge is 0.338 e. The van der Waals surface area contributed by atoms with Gasteiger partial charge in [-0.3, -0.25) is 0 Å². The lowest BCUT2D eigenvalue weighted by atomic mass is 10.1. The lowest BCUT2D eigenvalue weighted by molar-refractivity contribution is 0.0692. The highest BCUT2D eigenvalue weighted by molar-refractivity contribution is 5.90. The molecule has 110 valence electrons. The van der Waals surface area contributed by atoms with Gasteiger partial charge >= 0.3 is 5.97 Å². The lowest BCUT2D eigenvalue weighted by Crippen LogP contribution is -2.11. The highest BCUT2D eigenvalue weighted by Gasteiger charge is 2.15. The van der Waals surface area contributed by atoms with E-state index in [9.17, 15) is 13.6 Å². The lowest BCUT2D eigenvalue weighted by Gasteiger charge is -2.18. The van der Waals surface area contributed by atoms with Gasteiger partial charge in [0.1, 0.15) is 11.6 Å². The van der Waals surface area contributed by atoms with Gasteiger partial charge in [-0.15, -0.1) is 0 Å². The minimum absolute atomic E-state index is 0.108. The van der Waals surface area contributed by atoms with Crippen LogP contribution in [0.3, 0.4) is 0 Å². The summed E-state index contributed by atoms with van der Waals surface area (Å²) >= 11 is 0. The normalized spacial score (nSPS) is 12.0. The van der Waals surface area contributed by atoms with Crippen LogP contribution in [0, 0.1) is 11.6 Å². The average Bonchev–Trinajstić information content (AvgIpc) is 2.42. The highest BCUT2D eigenvalue weighted by Crippen LogP contribution is 2.27. The number of nitrogen functional groups attached to an aromatic ring is 1. The number of hydrogen-bond donors (Lipinski definition) is 3. The summed E-state index contributed by atoms with van der Waals surface area (Å²) in [4.78, 5) is 10.8. The van der Waals surface area contributed by atoms with Gasteiger partial charge in [0.25, 0.3) is 0 Å². The Morgan fingerprint density at radius 3 is 2.62 bits per heavy atom. The minimum atomic E-state index is -1.39. The molecule has 0 amide bonds. The summed E-state index contributed by atoms with van der Waals surface area (Å²) in [5, 5.41) is 11.7. The van der Waals surface area contributed by atoms with E-state index in [1.165, 1.54) is 12.1 Å². The first kappa shape index (κ1) is 14.8. The number of halogens is 2. The molecule has 0 radical (unpaired) electrons. The van der Waals surface area contributed by atoms with Crippen LogP contribution in [0.15, 0.2) is 36.4 Å². The first-order chi connectivity index (χ1) is 9.88. The molecule has 2 aromatic rings. The molecule has 6 heteroatoms. The topological polar surface area (TPSA) is 75.3 Å². The molecule has 0 bridgehead atoms. The number of nitrogens with two attached hydrogens (primary N) is 1. The summed E-state index contributed by atoms with van der Waals surface area (Å²) in [5.74, 6) is -2.64. The molecule has 0 saturated carbocycles. The molecule has 2 aromatic carbocycles. The number of aromatic carboxylic acids is 1. The third-order valence-electron chi connectivity index (χ3n) is 3.09. The van der Waals surface area contributed by atoms with Crippen molar-refractivity contribution in [1.29, 1.82) is 0 Å². The van der Waals surface area contributed by atoms with Crippen LogP contribution in [0.4, 0.5) is 20.2 Å². The van der Waals surface area contributed by atoms with Gasteiger partial charge in [0.2, 0.25) is 0 Å². The number of nitrogens with one attached hydrogen (secondary N) is 1. The van der Waals surface area contributed by atoms with Crippen molar-refractivity contribution in [1.82, 2.24) is 0 Å². The van der Waals surface area contributed by atoms with Gasteiger partial charge in [-0.2, -0.15) is 0 Å². The fraction of sp³-hybridized carbons (Fsp3) is 0.133. The van der Waals surface area contributed by atoms with Crippen molar-refractivity contribution in [3.63, 3.8) is 0 Å². The molecule has 1 atom stereocenters. The van der Waals surface area contributed by atoms with Crippen LogP contribution in [-0.2, 0) is 0 Å². The number of carboxylic acids is 1. The summed E-state index contributed by atoms with van der Waals surface area (Å²) in [6.07, 6.45) is 0. The molecule has 4 nitrogen and oxygen atoms in total. The van der Waals surface area contributed by atoms with E-state index in [1.54, 1.807) is 19.1 Å². The number of anilines is 2. The maximum atomic E-state index is 13.7. The summed E-state index contributed by atoms with van der Waals surface area (Å²) in [7, 11) is 0. The standard InChI is InChI=1S/C15H14F2N2O2/c1-8(9-3-2-4-10(16)5-9)19-14-7-12(17)11(15(20)21)6-13(14)18/h2-8,19H,18H2,1H3,(H,20,21). The number of carbonyl (C=O) groups is 1. The quantitative estimate of drug-likeness (QED) is 0.755. The van der Waals surface area contributed by atoms with Gasteiger partial charge in [-0.1, -0.05) is 12.1 Å². The molecule has 2 rings (SSSR count). The highest BCUT2D eigenvalue weighted by atomic mass is 19.1. The molecule has 0 aliphatic heterocycles. The third-order valence-corrected chi connectivity index (χ3v) is 3.09. The zero-order valence-corrected chi connectivity index (χ0v) is 11.2. The van der Waals surface area contributed by atoms with Gasteiger partial charge in [-0.25, -0.2) is 13.6 Å². The fourth-order valence-corrected chi connectivity index (χ4v) is 1.97. The van der Waals surface area contributed by atoms with Crippen LogP contribution in [0.2, 0.25) is 0 Å². The summed E-state index contributed by atoms with van der Waals surface area (Å²) in [6, 6.07) is 7.73. The van der Waals surface area contributed by atoms with Gasteiger partial charge in [0.15, 0.2) is 0 Å². The zero-order chi connectivity index (χ0) is 15.6. The van der Waals surface area contributed by atoms with E-state index in [2.05, 4.69) is 5.32 Å². The summed E-state index contributed by atoms with van der Waals surface area (Å²) in [5.41, 5.74) is 6.26. The molecule has 0 aliphatic carbocycles. The summed E-state index contributed by atoms with van der Waals surface area (Å²) in [6.45, 7) is 1.76. The SMILES string of the molecule is CC(Nc1cc(F)c(C(=O)O)cc1N)c1cccc(F)c1. The fourth-order valence-electron chi connectivity index (χ4n) is 1.97.